The molecular formula is C15H15NO2S. The average Bonchev–Trinajstić information content (AvgIpc) is 2.88. The Morgan fingerprint density at radius 3 is 3.11 bits per heavy atom. The fourth-order valence-electron chi connectivity index (χ4n) is 2.53. The molecule has 1 amide bonds. The van der Waals surface area contributed by atoms with Gasteiger partial charge in [0.2, 0.25) is 0 Å². The number of aromatic hydroxyl groups is 1. The number of thiophene rings is 1. The van der Waals surface area contributed by atoms with E-state index in [0.717, 1.165) is 19.3 Å². The van der Waals surface area contributed by atoms with Crippen molar-refractivity contribution in [2.24, 2.45) is 0 Å². The van der Waals surface area contributed by atoms with Crippen LogP contribution >= 0.6 is 11.3 Å². The number of rotatable bonds is 2. The van der Waals surface area contributed by atoms with E-state index in [1.165, 1.54) is 16.5 Å². The molecule has 1 heterocycles. The van der Waals surface area contributed by atoms with Crippen LogP contribution in [0.1, 0.15) is 39.7 Å². The zero-order valence-corrected chi connectivity index (χ0v) is 11.2. The molecule has 0 saturated heterocycles. The first-order valence-corrected chi connectivity index (χ1v) is 7.28. The van der Waals surface area contributed by atoms with Gasteiger partial charge in [0.15, 0.2) is 0 Å². The normalized spacial score (nSPS) is 17.8. The first-order valence-electron chi connectivity index (χ1n) is 6.40. The Morgan fingerprint density at radius 1 is 1.37 bits per heavy atom. The van der Waals surface area contributed by atoms with Crippen LogP contribution < -0.4 is 5.32 Å². The van der Waals surface area contributed by atoms with Crippen molar-refractivity contribution in [1.29, 1.82) is 0 Å². The van der Waals surface area contributed by atoms with E-state index in [0.29, 0.717) is 5.56 Å². The Kier molecular flexibility index (Phi) is 3.25. The van der Waals surface area contributed by atoms with E-state index in [9.17, 15) is 9.90 Å². The summed E-state index contributed by atoms with van der Waals surface area (Å²) in [6.45, 7) is 0. The summed E-state index contributed by atoms with van der Waals surface area (Å²) < 4.78 is 0. The molecule has 0 aliphatic heterocycles. The minimum atomic E-state index is -0.125. The van der Waals surface area contributed by atoms with Gasteiger partial charge in [-0.3, -0.25) is 4.79 Å². The molecule has 98 valence electrons. The van der Waals surface area contributed by atoms with Crippen molar-refractivity contribution in [3.05, 3.63) is 51.7 Å². The average molecular weight is 273 g/mol. The summed E-state index contributed by atoms with van der Waals surface area (Å²) in [5.41, 5.74) is 1.76. The highest BCUT2D eigenvalue weighted by Gasteiger charge is 2.23. The Balaban J connectivity index is 1.78. The zero-order chi connectivity index (χ0) is 13.2. The van der Waals surface area contributed by atoms with Crippen LogP contribution in [0, 0.1) is 0 Å². The van der Waals surface area contributed by atoms with Gasteiger partial charge in [-0.15, -0.1) is 11.3 Å². The third kappa shape index (κ3) is 2.49. The molecule has 1 aromatic carbocycles. The summed E-state index contributed by atoms with van der Waals surface area (Å²) in [5, 5.41) is 14.6. The van der Waals surface area contributed by atoms with Gasteiger partial charge in [-0.05, 0) is 54.5 Å². The van der Waals surface area contributed by atoms with Crippen molar-refractivity contribution in [2.45, 2.75) is 25.3 Å². The molecule has 0 bridgehead atoms. The van der Waals surface area contributed by atoms with E-state index in [1.807, 2.05) is 0 Å². The lowest BCUT2D eigenvalue weighted by molar-refractivity contribution is 0.0932. The summed E-state index contributed by atoms with van der Waals surface area (Å²) in [5.74, 6) is -0.00698. The molecule has 2 N–H and O–H groups in total. The second-order valence-electron chi connectivity index (χ2n) is 4.77. The molecule has 19 heavy (non-hydrogen) atoms. The molecule has 0 spiro atoms. The number of hydrogen-bond donors (Lipinski definition) is 2. The molecule has 4 heteroatoms. The maximum absolute atomic E-state index is 12.2. The molecule has 0 saturated carbocycles. The highest BCUT2D eigenvalue weighted by molar-refractivity contribution is 7.10. The topological polar surface area (TPSA) is 49.3 Å². The predicted molar refractivity (Wildman–Crippen MR) is 75.6 cm³/mol. The number of phenolic OH excluding ortho intramolecular Hbond substituents is 1. The van der Waals surface area contributed by atoms with Crippen molar-refractivity contribution in [2.75, 3.05) is 0 Å². The van der Waals surface area contributed by atoms with E-state index in [4.69, 9.17) is 0 Å². The highest BCUT2D eigenvalue weighted by atomic mass is 32.1. The van der Waals surface area contributed by atoms with Crippen molar-refractivity contribution in [3.63, 3.8) is 0 Å². The van der Waals surface area contributed by atoms with Gasteiger partial charge in [0.05, 0.1) is 6.04 Å². The van der Waals surface area contributed by atoms with Gasteiger partial charge in [-0.1, -0.05) is 6.07 Å². The zero-order valence-electron chi connectivity index (χ0n) is 10.4. The molecule has 0 fully saturated rings. The fraction of sp³-hybridized carbons (Fsp3) is 0.267. The monoisotopic (exact) mass is 273 g/mol. The minimum Gasteiger partial charge on any atom is -0.508 e. The van der Waals surface area contributed by atoms with Crippen LogP contribution in [-0.4, -0.2) is 11.0 Å². The molecule has 3 nitrogen and oxygen atoms in total. The van der Waals surface area contributed by atoms with Crippen LogP contribution in [0.25, 0.3) is 0 Å². The van der Waals surface area contributed by atoms with Crippen molar-refractivity contribution < 1.29 is 9.90 Å². The number of aryl methyl sites for hydroxylation is 1. The van der Waals surface area contributed by atoms with Gasteiger partial charge in [-0.25, -0.2) is 0 Å². The summed E-state index contributed by atoms with van der Waals surface area (Å²) in [7, 11) is 0. The number of nitrogens with one attached hydrogen (secondary N) is 1. The minimum absolute atomic E-state index is 0.102. The first-order chi connectivity index (χ1) is 9.24. The van der Waals surface area contributed by atoms with Gasteiger partial charge >= 0.3 is 0 Å². The molecular weight excluding hydrogens is 258 g/mol. The van der Waals surface area contributed by atoms with Gasteiger partial charge in [-0.2, -0.15) is 0 Å². The molecule has 1 aliphatic carbocycles. The Labute approximate surface area is 115 Å². The second-order valence-corrected chi connectivity index (χ2v) is 5.77. The summed E-state index contributed by atoms with van der Waals surface area (Å²) in [6, 6.07) is 8.66. The van der Waals surface area contributed by atoms with Crippen LogP contribution in [0.5, 0.6) is 5.75 Å². The van der Waals surface area contributed by atoms with E-state index >= 15 is 0 Å². The van der Waals surface area contributed by atoms with Crippen molar-refractivity contribution in [1.82, 2.24) is 5.32 Å². The Bertz CT molecular complexity index is 606. The Hall–Kier alpha value is -1.81. The highest BCUT2D eigenvalue weighted by Crippen LogP contribution is 2.33. The quantitative estimate of drug-likeness (QED) is 0.882. The molecule has 2 aromatic rings. The maximum atomic E-state index is 12.2. The van der Waals surface area contributed by atoms with E-state index < -0.39 is 0 Å². The molecule has 0 radical (unpaired) electrons. The standard InChI is InChI=1S/C15H15NO2S/c17-11-4-1-3-10(9-11)15(18)16-13-5-2-6-14-12(13)7-8-19-14/h1,3-4,7-9,13,17H,2,5-6H2,(H,16,18). The molecule has 3 rings (SSSR count). The largest absolute Gasteiger partial charge is 0.508 e. The maximum Gasteiger partial charge on any atom is 0.251 e. The number of phenols is 1. The number of amides is 1. The van der Waals surface area contributed by atoms with E-state index in [1.54, 1.807) is 29.5 Å². The number of carbonyl (C=O) groups is 1. The molecule has 1 aliphatic rings. The molecule has 1 aromatic heterocycles. The smallest absolute Gasteiger partial charge is 0.251 e. The van der Waals surface area contributed by atoms with Crippen LogP contribution in [0.4, 0.5) is 0 Å². The van der Waals surface area contributed by atoms with Crippen LogP contribution in [0.15, 0.2) is 35.7 Å². The first kappa shape index (κ1) is 12.2. The van der Waals surface area contributed by atoms with Crippen molar-refractivity contribution >= 4 is 17.2 Å². The summed E-state index contributed by atoms with van der Waals surface area (Å²) in [4.78, 5) is 13.6. The van der Waals surface area contributed by atoms with Gasteiger partial charge < -0.3 is 10.4 Å². The molecule has 1 unspecified atom stereocenters. The number of carbonyl (C=O) groups excluding carboxylic acids is 1. The van der Waals surface area contributed by atoms with E-state index in [-0.39, 0.29) is 17.7 Å². The lowest BCUT2D eigenvalue weighted by Crippen LogP contribution is -2.30. The predicted octanol–water partition coefficient (Wildman–Crippen LogP) is 3.26. The number of benzene rings is 1. The Morgan fingerprint density at radius 2 is 2.26 bits per heavy atom. The van der Waals surface area contributed by atoms with Crippen molar-refractivity contribution in [3.8, 4) is 5.75 Å². The van der Waals surface area contributed by atoms with Gasteiger partial charge in [0, 0.05) is 10.4 Å². The van der Waals surface area contributed by atoms with Gasteiger partial charge in [0.25, 0.3) is 5.91 Å². The summed E-state index contributed by atoms with van der Waals surface area (Å²) >= 11 is 1.76. The van der Waals surface area contributed by atoms with Crippen LogP contribution in [-0.2, 0) is 6.42 Å². The molecule has 1 atom stereocenters. The number of hydrogen-bond acceptors (Lipinski definition) is 3. The van der Waals surface area contributed by atoms with Crippen LogP contribution in [0.2, 0.25) is 0 Å². The summed E-state index contributed by atoms with van der Waals surface area (Å²) in [6.07, 6.45) is 3.21. The third-order valence-electron chi connectivity index (χ3n) is 3.47. The van der Waals surface area contributed by atoms with Gasteiger partial charge in [0.1, 0.15) is 5.75 Å². The lowest BCUT2D eigenvalue weighted by atomic mass is 9.94. The van der Waals surface area contributed by atoms with Crippen LogP contribution in [0.3, 0.4) is 0 Å². The fourth-order valence-corrected chi connectivity index (χ4v) is 3.51. The SMILES string of the molecule is O=C(NC1CCCc2sccc21)c1cccc(O)c1. The third-order valence-corrected chi connectivity index (χ3v) is 4.46. The lowest BCUT2D eigenvalue weighted by Gasteiger charge is -2.23. The van der Waals surface area contributed by atoms with E-state index in [2.05, 4.69) is 16.8 Å². The second kappa shape index (κ2) is 5.05. The number of fused-ring (bicyclic) bond motifs is 1.